The molecule has 1 unspecified atom stereocenters. The highest BCUT2D eigenvalue weighted by Gasteiger charge is 2.36. The molecule has 66 valence electrons. The van der Waals surface area contributed by atoms with E-state index in [1.54, 1.807) is 0 Å². The number of hydrogen-bond donors (Lipinski definition) is 1. The van der Waals surface area contributed by atoms with E-state index in [0.29, 0.717) is 0 Å². The third-order valence-electron chi connectivity index (χ3n) is 3.15. The van der Waals surface area contributed by atoms with E-state index in [0.717, 1.165) is 19.0 Å². The van der Waals surface area contributed by atoms with Crippen molar-refractivity contribution in [1.82, 2.24) is 4.90 Å². The van der Waals surface area contributed by atoms with Crippen molar-refractivity contribution in [3.63, 3.8) is 0 Å². The van der Waals surface area contributed by atoms with Gasteiger partial charge in [-0.2, -0.15) is 0 Å². The largest absolute Gasteiger partial charge is 0.329 e. The van der Waals surface area contributed by atoms with Crippen LogP contribution in [0.4, 0.5) is 0 Å². The van der Waals surface area contributed by atoms with Gasteiger partial charge in [-0.1, -0.05) is 6.92 Å². The average molecular weight is 156 g/mol. The fourth-order valence-corrected chi connectivity index (χ4v) is 1.44. The first-order valence-electron chi connectivity index (χ1n) is 4.57. The van der Waals surface area contributed by atoms with Crippen molar-refractivity contribution in [2.45, 2.75) is 44.7 Å². The lowest BCUT2D eigenvalue weighted by molar-refractivity contribution is 0.131. The molecule has 0 saturated heterocycles. The number of nitrogens with two attached hydrogens (primary N) is 1. The molecular weight excluding hydrogens is 136 g/mol. The minimum atomic E-state index is 0.237. The van der Waals surface area contributed by atoms with Gasteiger partial charge in [-0.25, -0.2) is 0 Å². The molecule has 0 aromatic carbocycles. The van der Waals surface area contributed by atoms with Gasteiger partial charge in [0.15, 0.2) is 0 Å². The van der Waals surface area contributed by atoms with Crippen molar-refractivity contribution in [3.8, 4) is 0 Å². The van der Waals surface area contributed by atoms with Gasteiger partial charge in [0.1, 0.15) is 0 Å². The van der Waals surface area contributed by atoms with Crippen LogP contribution in [0.1, 0.15) is 33.1 Å². The summed E-state index contributed by atoms with van der Waals surface area (Å²) in [5, 5.41) is 0. The van der Waals surface area contributed by atoms with Gasteiger partial charge < -0.3 is 5.73 Å². The average Bonchev–Trinajstić information content (AvgIpc) is 2.84. The lowest BCUT2D eigenvalue weighted by Crippen LogP contribution is -2.50. The fraction of sp³-hybridized carbons (Fsp3) is 1.00. The summed E-state index contributed by atoms with van der Waals surface area (Å²) >= 11 is 0. The highest BCUT2D eigenvalue weighted by molar-refractivity contribution is 4.93. The second-order valence-corrected chi connectivity index (χ2v) is 3.90. The Morgan fingerprint density at radius 1 is 1.55 bits per heavy atom. The van der Waals surface area contributed by atoms with E-state index in [1.807, 2.05) is 0 Å². The van der Waals surface area contributed by atoms with Crippen molar-refractivity contribution in [3.05, 3.63) is 0 Å². The fourth-order valence-electron chi connectivity index (χ4n) is 1.44. The van der Waals surface area contributed by atoms with E-state index in [2.05, 4.69) is 25.8 Å². The van der Waals surface area contributed by atoms with Crippen LogP contribution in [0.25, 0.3) is 0 Å². The Morgan fingerprint density at radius 2 is 2.09 bits per heavy atom. The van der Waals surface area contributed by atoms with Crippen LogP contribution >= 0.6 is 0 Å². The van der Waals surface area contributed by atoms with Crippen LogP contribution in [0.5, 0.6) is 0 Å². The molecule has 1 rings (SSSR count). The molecule has 11 heavy (non-hydrogen) atoms. The van der Waals surface area contributed by atoms with Crippen molar-refractivity contribution in [2.24, 2.45) is 5.73 Å². The normalized spacial score (nSPS) is 23.7. The van der Waals surface area contributed by atoms with E-state index in [9.17, 15) is 0 Å². The Balaban J connectivity index is 2.51. The van der Waals surface area contributed by atoms with Crippen LogP contribution < -0.4 is 5.73 Å². The Morgan fingerprint density at radius 3 is 2.36 bits per heavy atom. The summed E-state index contributed by atoms with van der Waals surface area (Å²) in [5.74, 6) is 0. The third kappa shape index (κ3) is 1.74. The van der Waals surface area contributed by atoms with Crippen LogP contribution in [-0.2, 0) is 0 Å². The summed E-state index contributed by atoms with van der Waals surface area (Å²) in [6.07, 6.45) is 3.88. The molecule has 0 bridgehead atoms. The van der Waals surface area contributed by atoms with Crippen LogP contribution in [-0.4, -0.2) is 30.1 Å². The topological polar surface area (TPSA) is 29.3 Å². The Hall–Kier alpha value is -0.0800. The number of rotatable bonds is 4. The summed E-state index contributed by atoms with van der Waals surface area (Å²) < 4.78 is 0. The first-order valence-corrected chi connectivity index (χ1v) is 4.57. The van der Waals surface area contributed by atoms with E-state index in [-0.39, 0.29) is 5.54 Å². The number of hydrogen-bond acceptors (Lipinski definition) is 2. The molecule has 0 aliphatic heterocycles. The smallest absolute Gasteiger partial charge is 0.0300 e. The predicted molar refractivity (Wildman–Crippen MR) is 48.5 cm³/mol. The molecule has 2 N–H and O–H groups in total. The highest BCUT2D eigenvalue weighted by Crippen LogP contribution is 2.32. The van der Waals surface area contributed by atoms with Crippen LogP contribution in [0.2, 0.25) is 0 Å². The van der Waals surface area contributed by atoms with E-state index in [4.69, 9.17) is 5.73 Å². The van der Waals surface area contributed by atoms with Crippen LogP contribution in [0.3, 0.4) is 0 Å². The summed E-state index contributed by atoms with van der Waals surface area (Å²) in [5.41, 5.74) is 5.98. The Kier molecular flexibility index (Phi) is 2.55. The van der Waals surface area contributed by atoms with E-state index >= 15 is 0 Å². The molecule has 0 aromatic rings. The maximum atomic E-state index is 5.74. The monoisotopic (exact) mass is 156 g/mol. The molecule has 1 saturated carbocycles. The second kappa shape index (κ2) is 3.11. The SMILES string of the molecule is CCC(C)(CN)N(C)C1CC1. The molecule has 0 heterocycles. The molecule has 0 radical (unpaired) electrons. The second-order valence-electron chi connectivity index (χ2n) is 3.90. The molecule has 0 spiro atoms. The van der Waals surface area contributed by atoms with E-state index < -0.39 is 0 Å². The summed E-state index contributed by atoms with van der Waals surface area (Å²) in [7, 11) is 2.20. The minimum absolute atomic E-state index is 0.237. The molecule has 2 heteroatoms. The first-order chi connectivity index (χ1) is 5.14. The quantitative estimate of drug-likeness (QED) is 0.663. The zero-order chi connectivity index (χ0) is 8.48. The maximum Gasteiger partial charge on any atom is 0.0300 e. The highest BCUT2D eigenvalue weighted by atomic mass is 15.2. The van der Waals surface area contributed by atoms with Gasteiger partial charge in [0, 0.05) is 18.1 Å². The standard InChI is InChI=1S/C9H20N2/c1-4-9(2,7-10)11(3)8-5-6-8/h8H,4-7,10H2,1-3H3. The predicted octanol–water partition coefficient (Wildman–Crippen LogP) is 1.21. The van der Waals surface area contributed by atoms with Crippen LogP contribution in [0, 0.1) is 0 Å². The molecule has 1 fully saturated rings. The molecule has 1 aliphatic rings. The van der Waals surface area contributed by atoms with Gasteiger partial charge in [0.25, 0.3) is 0 Å². The van der Waals surface area contributed by atoms with E-state index in [1.165, 1.54) is 12.8 Å². The Bertz CT molecular complexity index is 126. The van der Waals surface area contributed by atoms with Gasteiger partial charge in [-0.3, -0.25) is 4.90 Å². The molecule has 2 nitrogen and oxygen atoms in total. The molecule has 1 aliphatic carbocycles. The summed E-state index contributed by atoms with van der Waals surface area (Å²) in [6.45, 7) is 5.24. The van der Waals surface area contributed by atoms with Crippen LogP contribution in [0.15, 0.2) is 0 Å². The molecular formula is C9H20N2. The molecule has 0 aromatic heterocycles. The zero-order valence-corrected chi connectivity index (χ0v) is 7.93. The summed E-state index contributed by atoms with van der Waals surface area (Å²) in [4.78, 5) is 2.45. The summed E-state index contributed by atoms with van der Waals surface area (Å²) in [6, 6.07) is 0.823. The minimum Gasteiger partial charge on any atom is -0.329 e. The van der Waals surface area contributed by atoms with Crippen molar-refractivity contribution in [1.29, 1.82) is 0 Å². The number of likely N-dealkylation sites (N-methyl/N-ethyl adjacent to an activating group) is 1. The molecule has 0 amide bonds. The van der Waals surface area contributed by atoms with Gasteiger partial charge in [0.05, 0.1) is 0 Å². The lowest BCUT2D eigenvalue weighted by Gasteiger charge is -2.37. The number of nitrogens with zero attached hydrogens (tertiary/aromatic N) is 1. The maximum absolute atomic E-state index is 5.74. The Labute approximate surface area is 69.8 Å². The lowest BCUT2D eigenvalue weighted by atomic mass is 9.97. The van der Waals surface area contributed by atoms with Crippen molar-refractivity contribution < 1.29 is 0 Å². The van der Waals surface area contributed by atoms with Crippen molar-refractivity contribution in [2.75, 3.05) is 13.6 Å². The first kappa shape index (κ1) is 9.01. The van der Waals surface area contributed by atoms with Gasteiger partial charge >= 0.3 is 0 Å². The zero-order valence-electron chi connectivity index (χ0n) is 7.93. The van der Waals surface area contributed by atoms with Crippen molar-refractivity contribution >= 4 is 0 Å². The van der Waals surface area contributed by atoms with Gasteiger partial charge in [0.2, 0.25) is 0 Å². The molecule has 1 atom stereocenters. The van der Waals surface area contributed by atoms with Gasteiger partial charge in [-0.15, -0.1) is 0 Å². The third-order valence-corrected chi connectivity index (χ3v) is 3.15. The van der Waals surface area contributed by atoms with Gasteiger partial charge in [-0.05, 0) is 33.2 Å².